The highest BCUT2D eigenvalue weighted by atomic mass is 15.3. The predicted molar refractivity (Wildman–Crippen MR) is 82.9 cm³/mol. The summed E-state index contributed by atoms with van der Waals surface area (Å²) in [4.78, 5) is 5.14. The Morgan fingerprint density at radius 3 is 2.32 bits per heavy atom. The van der Waals surface area contributed by atoms with Crippen LogP contribution < -0.4 is 10.2 Å². The molecular weight excluding hydrogens is 234 g/mol. The Kier molecular flexibility index (Phi) is 5.67. The Morgan fingerprint density at radius 2 is 1.74 bits per heavy atom. The SMILES string of the molecule is CCNCC(CC)N1CCN(c2ccccc2)CC1. The molecule has 1 saturated heterocycles. The van der Waals surface area contributed by atoms with Gasteiger partial charge in [0.25, 0.3) is 0 Å². The Bertz CT molecular complexity index is 344. The first-order valence-electron chi connectivity index (χ1n) is 7.60. The third kappa shape index (κ3) is 3.95. The van der Waals surface area contributed by atoms with Crippen LogP contribution in [0.2, 0.25) is 0 Å². The highest BCUT2D eigenvalue weighted by Gasteiger charge is 2.22. The van der Waals surface area contributed by atoms with Gasteiger partial charge in [0.05, 0.1) is 0 Å². The van der Waals surface area contributed by atoms with Crippen molar-refractivity contribution >= 4 is 5.69 Å². The second-order valence-electron chi connectivity index (χ2n) is 5.23. The molecule has 0 bridgehead atoms. The smallest absolute Gasteiger partial charge is 0.0367 e. The molecule has 0 spiro atoms. The molecule has 19 heavy (non-hydrogen) atoms. The van der Waals surface area contributed by atoms with Gasteiger partial charge < -0.3 is 10.2 Å². The van der Waals surface area contributed by atoms with Gasteiger partial charge in [0, 0.05) is 44.5 Å². The van der Waals surface area contributed by atoms with Crippen LogP contribution in [0.25, 0.3) is 0 Å². The molecule has 0 saturated carbocycles. The number of likely N-dealkylation sites (N-methyl/N-ethyl adjacent to an activating group) is 1. The van der Waals surface area contributed by atoms with E-state index in [-0.39, 0.29) is 0 Å². The summed E-state index contributed by atoms with van der Waals surface area (Å²) in [6.45, 7) is 11.3. The van der Waals surface area contributed by atoms with Crippen molar-refractivity contribution in [3.05, 3.63) is 30.3 Å². The summed E-state index contributed by atoms with van der Waals surface area (Å²) in [5.41, 5.74) is 1.36. The van der Waals surface area contributed by atoms with Crippen LogP contribution in [-0.4, -0.2) is 50.2 Å². The highest BCUT2D eigenvalue weighted by Crippen LogP contribution is 2.17. The zero-order chi connectivity index (χ0) is 13.5. The molecule has 1 aromatic rings. The Balaban J connectivity index is 1.84. The zero-order valence-electron chi connectivity index (χ0n) is 12.3. The van der Waals surface area contributed by atoms with Crippen molar-refractivity contribution in [1.82, 2.24) is 10.2 Å². The van der Waals surface area contributed by atoms with Crippen LogP contribution in [0.5, 0.6) is 0 Å². The van der Waals surface area contributed by atoms with Crippen molar-refractivity contribution < 1.29 is 0 Å². The second-order valence-corrected chi connectivity index (χ2v) is 5.23. The van der Waals surface area contributed by atoms with Crippen molar-refractivity contribution in [3.8, 4) is 0 Å². The summed E-state index contributed by atoms with van der Waals surface area (Å²) >= 11 is 0. The largest absolute Gasteiger partial charge is 0.369 e. The maximum atomic E-state index is 3.48. The fraction of sp³-hybridized carbons (Fsp3) is 0.625. The van der Waals surface area contributed by atoms with E-state index in [0.29, 0.717) is 6.04 Å². The van der Waals surface area contributed by atoms with Crippen LogP contribution >= 0.6 is 0 Å². The molecule has 3 heteroatoms. The lowest BCUT2D eigenvalue weighted by Crippen LogP contribution is -2.52. The summed E-state index contributed by atoms with van der Waals surface area (Å²) in [6.07, 6.45) is 1.23. The maximum absolute atomic E-state index is 3.48. The third-order valence-corrected chi connectivity index (χ3v) is 4.05. The Labute approximate surface area is 117 Å². The monoisotopic (exact) mass is 261 g/mol. The van der Waals surface area contributed by atoms with Crippen LogP contribution in [0.3, 0.4) is 0 Å². The predicted octanol–water partition coefficient (Wildman–Crippen LogP) is 2.20. The van der Waals surface area contributed by atoms with Crippen LogP contribution in [-0.2, 0) is 0 Å². The molecule has 1 aliphatic heterocycles. The molecule has 3 nitrogen and oxygen atoms in total. The molecule has 0 aromatic heterocycles. The number of para-hydroxylation sites is 1. The van der Waals surface area contributed by atoms with Gasteiger partial charge >= 0.3 is 0 Å². The third-order valence-electron chi connectivity index (χ3n) is 4.05. The van der Waals surface area contributed by atoms with Gasteiger partial charge in [0.15, 0.2) is 0 Å². The second kappa shape index (κ2) is 7.51. The standard InChI is InChI=1S/C16H27N3/c1-3-15(14-17-4-2)18-10-12-19(13-11-18)16-8-6-5-7-9-16/h5-9,15,17H,3-4,10-14H2,1-2H3. The highest BCUT2D eigenvalue weighted by molar-refractivity contribution is 5.46. The van der Waals surface area contributed by atoms with E-state index in [2.05, 4.69) is 59.3 Å². The van der Waals surface area contributed by atoms with E-state index in [0.717, 1.165) is 26.2 Å². The van der Waals surface area contributed by atoms with E-state index >= 15 is 0 Å². The first-order valence-corrected chi connectivity index (χ1v) is 7.60. The fourth-order valence-corrected chi connectivity index (χ4v) is 2.83. The number of benzene rings is 1. The van der Waals surface area contributed by atoms with E-state index < -0.39 is 0 Å². The van der Waals surface area contributed by atoms with Crippen molar-refractivity contribution in [3.63, 3.8) is 0 Å². The van der Waals surface area contributed by atoms with E-state index in [1.54, 1.807) is 0 Å². The van der Waals surface area contributed by atoms with Gasteiger partial charge in [-0.05, 0) is 25.1 Å². The Morgan fingerprint density at radius 1 is 1.05 bits per heavy atom. The number of piperazine rings is 1. The van der Waals surface area contributed by atoms with Crippen LogP contribution in [0.15, 0.2) is 30.3 Å². The molecule has 0 radical (unpaired) electrons. The van der Waals surface area contributed by atoms with Crippen molar-refractivity contribution in [1.29, 1.82) is 0 Å². The molecule has 1 aliphatic rings. The number of hydrogen-bond donors (Lipinski definition) is 1. The molecular formula is C16H27N3. The van der Waals surface area contributed by atoms with Gasteiger partial charge in [0.2, 0.25) is 0 Å². The molecule has 1 N–H and O–H groups in total. The topological polar surface area (TPSA) is 18.5 Å². The van der Waals surface area contributed by atoms with Gasteiger partial charge in [-0.15, -0.1) is 0 Å². The first kappa shape index (κ1) is 14.4. The summed E-state index contributed by atoms with van der Waals surface area (Å²) in [6, 6.07) is 11.5. The molecule has 1 heterocycles. The number of anilines is 1. The van der Waals surface area contributed by atoms with Crippen molar-refractivity contribution in [2.45, 2.75) is 26.3 Å². The molecule has 1 aromatic carbocycles. The Hall–Kier alpha value is -1.06. The molecule has 0 amide bonds. The van der Waals surface area contributed by atoms with E-state index in [4.69, 9.17) is 0 Å². The summed E-state index contributed by atoms with van der Waals surface area (Å²) in [5.74, 6) is 0. The van der Waals surface area contributed by atoms with Crippen LogP contribution in [0, 0.1) is 0 Å². The normalized spacial score (nSPS) is 18.5. The minimum atomic E-state index is 0.692. The fourth-order valence-electron chi connectivity index (χ4n) is 2.83. The van der Waals surface area contributed by atoms with Crippen LogP contribution in [0.1, 0.15) is 20.3 Å². The quantitative estimate of drug-likeness (QED) is 0.847. The molecule has 106 valence electrons. The van der Waals surface area contributed by atoms with E-state index in [1.807, 2.05) is 0 Å². The summed E-state index contributed by atoms with van der Waals surface area (Å²) in [5, 5.41) is 3.48. The van der Waals surface area contributed by atoms with Gasteiger partial charge in [0.1, 0.15) is 0 Å². The lowest BCUT2D eigenvalue weighted by atomic mass is 10.1. The van der Waals surface area contributed by atoms with Crippen molar-refractivity contribution in [2.24, 2.45) is 0 Å². The maximum Gasteiger partial charge on any atom is 0.0367 e. The summed E-state index contributed by atoms with van der Waals surface area (Å²) in [7, 11) is 0. The number of nitrogens with zero attached hydrogens (tertiary/aromatic N) is 2. The van der Waals surface area contributed by atoms with Gasteiger partial charge in [-0.2, -0.15) is 0 Å². The molecule has 2 rings (SSSR count). The zero-order valence-corrected chi connectivity index (χ0v) is 12.3. The lowest BCUT2D eigenvalue weighted by Gasteiger charge is -2.40. The molecule has 1 fully saturated rings. The van der Waals surface area contributed by atoms with E-state index in [9.17, 15) is 0 Å². The average Bonchev–Trinajstić information content (AvgIpc) is 2.49. The number of rotatable bonds is 6. The van der Waals surface area contributed by atoms with Crippen molar-refractivity contribution in [2.75, 3.05) is 44.2 Å². The van der Waals surface area contributed by atoms with E-state index in [1.165, 1.54) is 25.2 Å². The van der Waals surface area contributed by atoms with Crippen LogP contribution in [0.4, 0.5) is 5.69 Å². The molecule has 0 aliphatic carbocycles. The van der Waals surface area contributed by atoms with Gasteiger partial charge in [-0.1, -0.05) is 32.0 Å². The number of nitrogens with one attached hydrogen (secondary N) is 1. The van der Waals surface area contributed by atoms with Gasteiger partial charge in [-0.25, -0.2) is 0 Å². The minimum Gasteiger partial charge on any atom is -0.369 e. The number of hydrogen-bond acceptors (Lipinski definition) is 3. The minimum absolute atomic E-state index is 0.692. The average molecular weight is 261 g/mol. The first-order chi connectivity index (χ1) is 9.35. The lowest BCUT2D eigenvalue weighted by molar-refractivity contribution is 0.177. The molecule has 1 unspecified atom stereocenters. The van der Waals surface area contributed by atoms with Gasteiger partial charge in [-0.3, -0.25) is 4.90 Å². The molecule has 1 atom stereocenters. The summed E-state index contributed by atoms with van der Waals surface area (Å²) < 4.78 is 0.